The fourth-order valence-electron chi connectivity index (χ4n) is 3.61. The van der Waals surface area contributed by atoms with Crippen molar-refractivity contribution in [1.82, 2.24) is 0 Å². The topological polar surface area (TPSA) is 64.6 Å². The zero-order chi connectivity index (χ0) is 21.5. The van der Waals surface area contributed by atoms with Crippen LogP contribution in [-0.2, 0) is 14.3 Å². The van der Waals surface area contributed by atoms with Crippen molar-refractivity contribution in [3.63, 3.8) is 0 Å². The van der Waals surface area contributed by atoms with Gasteiger partial charge in [0.25, 0.3) is 0 Å². The molecule has 0 spiro atoms. The zero-order valence-corrected chi connectivity index (χ0v) is 17.5. The van der Waals surface area contributed by atoms with Gasteiger partial charge in [0.15, 0.2) is 0 Å². The van der Waals surface area contributed by atoms with E-state index in [0.717, 1.165) is 22.6 Å². The van der Waals surface area contributed by atoms with Crippen molar-refractivity contribution in [1.29, 1.82) is 0 Å². The smallest absolute Gasteiger partial charge is 0.329 e. The number of benzene rings is 3. The third kappa shape index (κ3) is 4.79. The summed E-state index contributed by atoms with van der Waals surface area (Å²) < 4.78 is 10.5. The summed E-state index contributed by atoms with van der Waals surface area (Å²) in [6.45, 7) is 3.96. The molecule has 0 radical (unpaired) electrons. The third-order valence-corrected chi connectivity index (χ3v) is 5.37. The Kier molecular flexibility index (Phi) is 7.07. The molecule has 0 saturated carbocycles. The second-order valence-corrected chi connectivity index (χ2v) is 7.21. The molecule has 3 aromatic rings. The molecule has 3 atom stereocenters. The van der Waals surface area contributed by atoms with Gasteiger partial charge in [0.2, 0.25) is 0 Å². The largest absolute Gasteiger partial charge is 0.497 e. The van der Waals surface area contributed by atoms with E-state index in [0.29, 0.717) is 11.4 Å². The summed E-state index contributed by atoms with van der Waals surface area (Å²) in [5.74, 6) is -0.526. The molecule has 1 N–H and O–H groups in total. The monoisotopic (exact) mass is 405 g/mol. The van der Waals surface area contributed by atoms with Gasteiger partial charge in [-0.1, -0.05) is 49.4 Å². The number of hydrogen-bond donors (Lipinski definition) is 1. The minimum absolute atomic E-state index is 0.188. The van der Waals surface area contributed by atoms with Crippen LogP contribution in [0.5, 0.6) is 5.75 Å². The third-order valence-electron chi connectivity index (χ3n) is 5.37. The van der Waals surface area contributed by atoms with Gasteiger partial charge in [-0.05, 0) is 53.4 Å². The maximum atomic E-state index is 12.8. The summed E-state index contributed by atoms with van der Waals surface area (Å²) in [4.78, 5) is 24.9. The highest BCUT2D eigenvalue weighted by Crippen LogP contribution is 2.30. The number of methoxy groups -OCH3 is 1. The number of fused-ring (bicyclic) bond motifs is 1. The normalized spacial score (nSPS) is 13.8. The molecule has 0 bridgehead atoms. The number of anilines is 1. The second kappa shape index (κ2) is 9.92. The Balaban J connectivity index is 1.91. The quantitative estimate of drug-likeness (QED) is 0.409. The predicted octanol–water partition coefficient (Wildman–Crippen LogP) is 4.81. The van der Waals surface area contributed by atoms with Gasteiger partial charge in [-0.25, -0.2) is 4.79 Å². The Hall–Kier alpha value is -3.34. The Morgan fingerprint density at radius 1 is 1.03 bits per heavy atom. The summed E-state index contributed by atoms with van der Waals surface area (Å²) in [5.41, 5.74) is 1.71. The van der Waals surface area contributed by atoms with Gasteiger partial charge in [-0.3, -0.25) is 0 Å². The van der Waals surface area contributed by atoms with Gasteiger partial charge in [-0.2, -0.15) is 0 Å². The van der Waals surface area contributed by atoms with Gasteiger partial charge in [0, 0.05) is 5.69 Å². The summed E-state index contributed by atoms with van der Waals surface area (Å²) in [6, 6.07) is 20.6. The maximum Gasteiger partial charge on any atom is 0.329 e. The highest BCUT2D eigenvalue weighted by Gasteiger charge is 2.34. The van der Waals surface area contributed by atoms with E-state index in [1.165, 1.54) is 0 Å². The van der Waals surface area contributed by atoms with Crippen LogP contribution in [0.25, 0.3) is 10.8 Å². The molecule has 0 aromatic heterocycles. The number of ether oxygens (including phenoxy) is 2. The van der Waals surface area contributed by atoms with Gasteiger partial charge in [0.1, 0.15) is 18.1 Å². The van der Waals surface area contributed by atoms with Crippen molar-refractivity contribution in [3.8, 4) is 5.75 Å². The first-order valence-electron chi connectivity index (χ1n) is 10.1. The molecule has 3 aromatic carbocycles. The van der Waals surface area contributed by atoms with E-state index in [9.17, 15) is 9.59 Å². The number of rotatable bonds is 9. The van der Waals surface area contributed by atoms with E-state index < -0.39 is 17.9 Å². The molecule has 156 valence electrons. The van der Waals surface area contributed by atoms with E-state index in [2.05, 4.69) is 11.4 Å². The summed E-state index contributed by atoms with van der Waals surface area (Å²) in [5, 5.41) is 5.43. The average molecular weight is 405 g/mol. The van der Waals surface area contributed by atoms with Gasteiger partial charge in [-0.15, -0.1) is 0 Å². The highest BCUT2D eigenvalue weighted by atomic mass is 16.5. The van der Waals surface area contributed by atoms with Crippen LogP contribution >= 0.6 is 0 Å². The fraction of sp³-hybridized carbons (Fsp3) is 0.280. The lowest BCUT2D eigenvalue weighted by atomic mass is 9.82. The molecule has 0 saturated heterocycles. The van der Waals surface area contributed by atoms with Crippen LogP contribution in [-0.4, -0.2) is 32.0 Å². The van der Waals surface area contributed by atoms with Crippen molar-refractivity contribution in [3.05, 3.63) is 72.3 Å². The zero-order valence-electron chi connectivity index (χ0n) is 17.5. The summed E-state index contributed by atoms with van der Waals surface area (Å²) in [6.07, 6.45) is 0.845. The molecular weight excluding hydrogens is 378 g/mol. The van der Waals surface area contributed by atoms with Crippen LogP contribution in [0.1, 0.15) is 25.3 Å². The van der Waals surface area contributed by atoms with Crippen molar-refractivity contribution in [2.75, 3.05) is 19.0 Å². The molecule has 3 rings (SSSR count). The molecule has 0 aliphatic heterocycles. The van der Waals surface area contributed by atoms with E-state index in [1.54, 1.807) is 26.2 Å². The molecule has 0 aliphatic carbocycles. The molecule has 0 heterocycles. The molecule has 5 heteroatoms. The summed E-state index contributed by atoms with van der Waals surface area (Å²) in [7, 11) is 1.59. The van der Waals surface area contributed by atoms with E-state index in [1.807, 2.05) is 55.5 Å². The van der Waals surface area contributed by atoms with Crippen molar-refractivity contribution in [2.45, 2.75) is 25.8 Å². The number of aldehydes is 1. The Morgan fingerprint density at radius 3 is 2.37 bits per heavy atom. The van der Waals surface area contributed by atoms with Crippen molar-refractivity contribution >= 4 is 28.7 Å². The van der Waals surface area contributed by atoms with Crippen LogP contribution in [0.2, 0.25) is 0 Å². The molecule has 5 nitrogen and oxygen atoms in total. The average Bonchev–Trinajstić information content (AvgIpc) is 2.79. The molecule has 0 aliphatic rings. The molecule has 0 unspecified atom stereocenters. The fourth-order valence-corrected chi connectivity index (χ4v) is 3.61. The predicted molar refractivity (Wildman–Crippen MR) is 119 cm³/mol. The van der Waals surface area contributed by atoms with Crippen LogP contribution in [0.3, 0.4) is 0 Å². The first kappa shape index (κ1) is 21.4. The minimum atomic E-state index is -0.808. The lowest BCUT2D eigenvalue weighted by Crippen LogP contribution is -2.41. The summed E-state index contributed by atoms with van der Waals surface area (Å²) >= 11 is 0. The molecule has 30 heavy (non-hydrogen) atoms. The van der Waals surface area contributed by atoms with E-state index in [4.69, 9.17) is 9.47 Å². The first-order chi connectivity index (χ1) is 14.6. The van der Waals surface area contributed by atoms with E-state index in [-0.39, 0.29) is 12.5 Å². The second-order valence-electron chi connectivity index (χ2n) is 7.21. The van der Waals surface area contributed by atoms with Crippen LogP contribution in [0.15, 0.2) is 66.7 Å². The highest BCUT2D eigenvalue weighted by molar-refractivity contribution is 5.85. The van der Waals surface area contributed by atoms with Crippen LogP contribution < -0.4 is 10.1 Å². The first-order valence-corrected chi connectivity index (χ1v) is 10.1. The number of hydrogen-bond acceptors (Lipinski definition) is 5. The van der Waals surface area contributed by atoms with Crippen LogP contribution in [0.4, 0.5) is 5.69 Å². The SMILES string of the molecule is CCOC(=O)[C@H](Nc1ccc(OC)cc1)[C@H](C=O)[C@@H](C)c1ccc2ccccc2c1. The van der Waals surface area contributed by atoms with Gasteiger partial charge >= 0.3 is 5.97 Å². The van der Waals surface area contributed by atoms with E-state index >= 15 is 0 Å². The number of carbonyl (C=O) groups is 2. The minimum Gasteiger partial charge on any atom is -0.497 e. The Labute approximate surface area is 177 Å². The lowest BCUT2D eigenvalue weighted by Gasteiger charge is -2.28. The number of nitrogens with one attached hydrogen (secondary N) is 1. The van der Waals surface area contributed by atoms with Gasteiger partial charge in [0.05, 0.1) is 19.6 Å². The van der Waals surface area contributed by atoms with Crippen molar-refractivity contribution in [2.24, 2.45) is 5.92 Å². The molecular formula is C25H27NO4. The lowest BCUT2D eigenvalue weighted by molar-refractivity contribution is -0.146. The molecule has 0 fully saturated rings. The molecule has 0 amide bonds. The number of esters is 1. The van der Waals surface area contributed by atoms with Crippen molar-refractivity contribution < 1.29 is 19.1 Å². The van der Waals surface area contributed by atoms with Crippen LogP contribution in [0, 0.1) is 5.92 Å². The Morgan fingerprint density at radius 2 is 1.73 bits per heavy atom. The standard InChI is InChI=1S/C25H27NO4/c1-4-30-25(28)24(26-21-11-13-22(29-3)14-12-21)23(16-27)17(2)19-10-9-18-7-5-6-8-20(18)15-19/h5-17,23-24,26H,4H2,1-3H3/t17-,23+,24+/m0/s1. The number of carbonyl (C=O) groups excluding carboxylic acids is 2. The maximum absolute atomic E-state index is 12.8. The van der Waals surface area contributed by atoms with Gasteiger partial charge < -0.3 is 19.6 Å². The Bertz CT molecular complexity index is 999.